The van der Waals surface area contributed by atoms with Gasteiger partial charge in [0, 0.05) is 11.8 Å². The lowest BCUT2D eigenvalue weighted by Crippen LogP contribution is -2.03. The predicted molar refractivity (Wildman–Crippen MR) is 76.1 cm³/mol. The molecule has 0 spiro atoms. The highest BCUT2D eigenvalue weighted by atomic mass is 32.2. The molecule has 0 bridgehead atoms. The molecular formula is C15H12O3S. The summed E-state index contributed by atoms with van der Waals surface area (Å²) in [5.74, 6) is -0.510. The average molecular weight is 272 g/mol. The summed E-state index contributed by atoms with van der Waals surface area (Å²) in [6, 6.07) is 11.2. The van der Waals surface area contributed by atoms with Crippen molar-refractivity contribution in [3.05, 3.63) is 54.8 Å². The smallest absolute Gasteiger partial charge is 0.344 e. The summed E-state index contributed by atoms with van der Waals surface area (Å²) in [5, 5.41) is 1.82. The van der Waals surface area contributed by atoms with Gasteiger partial charge in [-0.1, -0.05) is 42.6 Å². The topological polar surface area (TPSA) is 43.4 Å². The van der Waals surface area contributed by atoms with Gasteiger partial charge in [0.25, 0.3) is 0 Å². The zero-order chi connectivity index (χ0) is 13.8. The van der Waals surface area contributed by atoms with E-state index in [0.717, 1.165) is 28.8 Å². The highest BCUT2D eigenvalue weighted by molar-refractivity contribution is 8.13. The minimum Gasteiger partial charge on any atom is -0.432 e. The minimum absolute atomic E-state index is 0.0806. The molecule has 0 amide bonds. The summed E-state index contributed by atoms with van der Waals surface area (Å²) >= 11 is 1.02. The molecule has 0 heterocycles. The first-order chi connectivity index (χ1) is 9.11. The first-order valence-corrected chi connectivity index (χ1v) is 6.46. The number of fused-ring (bicyclic) bond motifs is 1. The molecule has 0 aliphatic heterocycles. The third-order valence-electron chi connectivity index (χ3n) is 2.51. The van der Waals surface area contributed by atoms with Crippen LogP contribution in [-0.2, 0) is 9.53 Å². The van der Waals surface area contributed by atoms with Crippen LogP contribution in [0.5, 0.6) is 0 Å². The Labute approximate surface area is 115 Å². The Morgan fingerprint density at radius 1 is 1.21 bits per heavy atom. The van der Waals surface area contributed by atoms with Crippen LogP contribution in [0.4, 0.5) is 0 Å². The average Bonchev–Trinajstić information content (AvgIpc) is 2.37. The molecular weight excluding hydrogens is 260 g/mol. The van der Waals surface area contributed by atoms with E-state index >= 15 is 0 Å². The maximum absolute atomic E-state index is 11.9. The van der Waals surface area contributed by atoms with Crippen LogP contribution in [0.2, 0.25) is 0 Å². The van der Waals surface area contributed by atoms with Crippen LogP contribution < -0.4 is 0 Å². The van der Waals surface area contributed by atoms with Gasteiger partial charge >= 0.3 is 5.97 Å². The van der Waals surface area contributed by atoms with E-state index in [9.17, 15) is 9.59 Å². The molecule has 0 fully saturated rings. The maximum atomic E-state index is 11.9. The number of hydrogen-bond donors (Lipinski definition) is 0. The molecule has 19 heavy (non-hydrogen) atoms. The summed E-state index contributed by atoms with van der Waals surface area (Å²) in [7, 11) is 0. The highest BCUT2D eigenvalue weighted by Gasteiger charge is 2.15. The molecule has 0 N–H and O–H groups in total. The number of thioether (sulfide) groups is 1. The Balaban J connectivity index is 2.59. The number of carbonyl (C=O) groups is 2. The first-order valence-electron chi connectivity index (χ1n) is 5.65. The maximum Gasteiger partial charge on any atom is 0.344 e. The SMILES string of the molecule is C=COC(=O)c1cc2ccccc2cc1SC(C)=O. The quantitative estimate of drug-likeness (QED) is 0.484. The van der Waals surface area contributed by atoms with Crippen molar-refractivity contribution in [3.63, 3.8) is 0 Å². The molecule has 0 aromatic heterocycles. The molecule has 2 aromatic carbocycles. The van der Waals surface area contributed by atoms with Gasteiger partial charge in [-0.3, -0.25) is 4.79 Å². The van der Waals surface area contributed by atoms with Gasteiger partial charge < -0.3 is 4.74 Å². The van der Waals surface area contributed by atoms with Gasteiger partial charge in [0.05, 0.1) is 11.8 Å². The summed E-state index contributed by atoms with van der Waals surface area (Å²) in [6.07, 6.45) is 1.08. The largest absolute Gasteiger partial charge is 0.432 e. The normalized spacial score (nSPS) is 10.2. The lowest BCUT2D eigenvalue weighted by atomic mass is 10.1. The van der Waals surface area contributed by atoms with E-state index in [1.54, 1.807) is 6.07 Å². The van der Waals surface area contributed by atoms with Gasteiger partial charge in [0.2, 0.25) is 0 Å². The molecule has 0 saturated carbocycles. The van der Waals surface area contributed by atoms with Gasteiger partial charge in [-0.25, -0.2) is 4.79 Å². The number of ether oxygens (including phenoxy) is 1. The van der Waals surface area contributed by atoms with Crippen LogP contribution in [0.15, 0.2) is 54.1 Å². The zero-order valence-corrected chi connectivity index (χ0v) is 11.2. The summed E-state index contributed by atoms with van der Waals surface area (Å²) in [6.45, 7) is 4.82. The number of hydrogen-bond acceptors (Lipinski definition) is 4. The zero-order valence-electron chi connectivity index (χ0n) is 10.4. The molecule has 3 nitrogen and oxygen atoms in total. The van der Waals surface area contributed by atoms with Crippen molar-refractivity contribution in [3.8, 4) is 0 Å². The van der Waals surface area contributed by atoms with E-state index in [1.807, 2.05) is 30.3 Å². The fourth-order valence-electron chi connectivity index (χ4n) is 1.76. The summed E-state index contributed by atoms with van der Waals surface area (Å²) in [5.41, 5.74) is 0.374. The van der Waals surface area contributed by atoms with Crippen molar-refractivity contribution in [2.45, 2.75) is 11.8 Å². The van der Waals surface area contributed by atoms with Crippen molar-refractivity contribution < 1.29 is 14.3 Å². The molecule has 0 aliphatic carbocycles. The van der Waals surface area contributed by atoms with Crippen molar-refractivity contribution in [1.29, 1.82) is 0 Å². The van der Waals surface area contributed by atoms with Crippen molar-refractivity contribution in [2.24, 2.45) is 0 Å². The molecule has 0 atom stereocenters. The van der Waals surface area contributed by atoms with Crippen LogP contribution in [-0.4, -0.2) is 11.1 Å². The predicted octanol–water partition coefficient (Wildman–Crippen LogP) is 3.78. The fourth-order valence-corrected chi connectivity index (χ4v) is 2.51. The van der Waals surface area contributed by atoms with Gasteiger partial charge in [-0.15, -0.1) is 0 Å². The third kappa shape index (κ3) is 3.03. The van der Waals surface area contributed by atoms with Crippen LogP contribution in [0.1, 0.15) is 17.3 Å². The highest BCUT2D eigenvalue weighted by Crippen LogP contribution is 2.29. The van der Waals surface area contributed by atoms with E-state index in [2.05, 4.69) is 6.58 Å². The molecule has 4 heteroatoms. The molecule has 0 unspecified atom stereocenters. The van der Waals surface area contributed by atoms with Gasteiger partial charge in [0.15, 0.2) is 5.12 Å². The Bertz CT molecular complexity index is 661. The van der Waals surface area contributed by atoms with Crippen molar-refractivity contribution >= 4 is 33.6 Å². The Morgan fingerprint density at radius 2 is 1.84 bits per heavy atom. The van der Waals surface area contributed by atoms with Crippen LogP contribution >= 0.6 is 11.8 Å². The molecule has 96 valence electrons. The van der Waals surface area contributed by atoms with Crippen LogP contribution in [0.3, 0.4) is 0 Å². The molecule has 2 aromatic rings. The number of benzene rings is 2. The second kappa shape index (κ2) is 5.71. The first kappa shape index (κ1) is 13.4. The molecule has 2 rings (SSSR count). The van der Waals surface area contributed by atoms with Crippen LogP contribution in [0, 0.1) is 0 Å². The lowest BCUT2D eigenvalue weighted by molar-refractivity contribution is -0.109. The third-order valence-corrected chi connectivity index (χ3v) is 3.36. The molecule has 0 saturated heterocycles. The lowest BCUT2D eigenvalue weighted by Gasteiger charge is -2.08. The summed E-state index contributed by atoms with van der Waals surface area (Å²) in [4.78, 5) is 23.7. The molecule has 0 radical (unpaired) electrons. The Hall–Kier alpha value is -2.07. The number of esters is 1. The van der Waals surface area contributed by atoms with Gasteiger partial charge in [-0.2, -0.15) is 0 Å². The molecule has 0 aliphatic rings. The minimum atomic E-state index is -0.510. The number of carbonyl (C=O) groups excluding carboxylic acids is 2. The second-order valence-corrected chi connectivity index (χ2v) is 5.08. The summed E-state index contributed by atoms with van der Waals surface area (Å²) < 4.78 is 4.80. The van der Waals surface area contributed by atoms with E-state index in [1.165, 1.54) is 6.92 Å². The number of rotatable bonds is 3. The van der Waals surface area contributed by atoms with Crippen molar-refractivity contribution in [2.75, 3.05) is 0 Å². The Morgan fingerprint density at radius 3 is 2.42 bits per heavy atom. The monoisotopic (exact) mass is 272 g/mol. The van der Waals surface area contributed by atoms with Gasteiger partial charge in [0.1, 0.15) is 0 Å². The second-order valence-electron chi connectivity index (χ2n) is 3.86. The van der Waals surface area contributed by atoms with E-state index < -0.39 is 5.97 Å². The van der Waals surface area contributed by atoms with E-state index in [-0.39, 0.29) is 5.12 Å². The van der Waals surface area contributed by atoms with Gasteiger partial charge in [-0.05, 0) is 22.9 Å². The van der Waals surface area contributed by atoms with Crippen LogP contribution in [0.25, 0.3) is 10.8 Å². The van der Waals surface area contributed by atoms with E-state index in [4.69, 9.17) is 4.74 Å². The van der Waals surface area contributed by atoms with E-state index in [0.29, 0.717) is 10.5 Å². The standard InChI is InChI=1S/C15H12O3S/c1-3-18-15(17)13-8-11-6-4-5-7-12(11)9-14(13)19-10(2)16/h3-9H,1H2,2H3. The fraction of sp³-hybridized carbons (Fsp3) is 0.0667. The van der Waals surface area contributed by atoms with Crippen molar-refractivity contribution in [1.82, 2.24) is 0 Å². The Kier molecular flexibility index (Phi) is 4.02.